The molecule has 2 aromatic carbocycles. The second-order valence-electron chi connectivity index (χ2n) is 5.59. The van der Waals surface area contributed by atoms with Gasteiger partial charge in [-0.05, 0) is 48.5 Å². The number of carbonyl (C=O) groups is 3. The third kappa shape index (κ3) is 6.22. The van der Waals surface area contributed by atoms with Gasteiger partial charge in [0.1, 0.15) is 0 Å². The number of rotatable bonds is 7. The quantitative estimate of drug-likeness (QED) is 0.684. The van der Waals surface area contributed by atoms with E-state index in [9.17, 15) is 22.8 Å². The largest absolute Gasteiger partial charge is 0.326 e. The van der Waals surface area contributed by atoms with Crippen molar-refractivity contribution in [3.05, 3.63) is 54.1 Å². The molecule has 0 heterocycles. The minimum absolute atomic E-state index is 0.0367. The molecular weight excluding hydrogens is 388 g/mol. The molecule has 0 unspecified atom stereocenters. The van der Waals surface area contributed by atoms with Gasteiger partial charge in [0.2, 0.25) is 5.91 Å². The van der Waals surface area contributed by atoms with Crippen molar-refractivity contribution < 1.29 is 22.8 Å². The summed E-state index contributed by atoms with van der Waals surface area (Å²) in [5, 5.41) is 2.42. The third-order valence-corrected chi connectivity index (χ3v) is 5.56. The summed E-state index contributed by atoms with van der Waals surface area (Å²) in [5.74, 6) is -0.417. The Morgan fingerprint density at radius 1 is 0.889 bits per heavy atom. The number of thioether (sulfide) groups is 1. The number of nitrogens with one attached hydrogen (secondary N) is 2. The molecule has 0 aliphatic rings. The van der Waals surface area contributed by atoms with E-state index in [0.29, 0.717) is 16.9 Å². The summed E-state index contributed by atoms with van der Waals surface area (Å²) in [6, 6.07) is 11.7. The number of anilines is 2. The van der Waals surface area contributed by atoms with Gasteiger partial charge in [0, 0.05) is 30.8 Å². The van der Waals surface area contributed by atoms with Gasteiger partial charge in [0.05, 0.1) is 10.6 Å². The molecule has 0 saturated heterocycles. The van der Waals surface area contributed by atoms with Gasteiger partial charge in [-0.15, -0.1) is 0 Å². The number of sulfonamides is 1. The zero-order valence-electron chi connectivity index (χ0n) is 14.7. The monoisotopic (exact) mass is 406 g/mol. The summed E-state index contributed by atoms with van der Waals surface area (Å²) >= 11 is 0.924. The number of Topliss-reactive ketones (excluding diaryl/α,β-unsaturated/α-hetero) is 1. The molecule has 0 fully saturated rings. The van der Waals surface area contributed by atoms with Crippen LogP contribution in [0.15, 0.2) is 53.4 Å². The summed E-state index contributed by atoms with van der Waals surface area (Å²) in [6.45, 7) is 2.75. The van der Waals surface area contributed by atoms with Gasteiger partial charge < -0.3 is 5.32 Å². The molecule has 0 aromatic heterocycles. The molecule has 0 spiro atoms. The molecular formula is C18H18N2O5S2. The lowest BCUT2D eigenvalue weighted by molar-refractivity contribution is -0.114. The fourth-order valence-corrected chi connectivity index (χ4v) is 3.67. The van der Waals surface area contributed by atoms with Crippen LogP contribution in [0, 0.1) is 0 Å². The Morgan fingerprint density at radius 2 is 1.44 bits per heavy atom. The van der Waals surface area contributed by atoms with Crippen LogP contribution in [0.25, 0.3) is 0 Å². The second kappa shape index (κ2) is 8.83. The minimum atomic E-state index is -3.81. The zero-order chi connectivity index (χ0) is 20.0. The van der Waals surface area contributed by atoms with Crippen LogP contribution in [0.2, 0.25) is 0 Å². The van der Waals surface area contributed by atoms with E-state index in [0.717, 1.165) is 11.8 Å². The molecule has 142 valence electrons. The highest BCUT2D eigenvalue weighted by Gasteiger charge is 2.15. The average Bonchev–Trinajstić information content (AvgIpc) is 2.60. The molecule has 0 aliphatic carbocycles. The Kier molecular flexibility index (Phi) is 6.75. The summed E-state index contributed by atoms with van der Waals surface area (Å²) < 4.78 is 27.3. The van der Waals surface area contributed by atoms with Crippen molar-refractivity contribution in [2.24, 2.45) is 0 Å². The predicted molar refractivity (Wildman–Crippen MR) is 105 cm³/mol. The van der Waals surface area contributed by atoms with Crippen LogP contribution in [0.4, 0.5) is 11.4 Å². The van der Waals surface area contributed by atoms with Gasteiger partial charge in [-0.3, -0.25) is 19.1 Å². The van der Waals surface area contributed by atoms with Crippen LogP contribution < -0.4 is 10.0 Å². The van der Waals surface area contributed by atoms with E-state index in [2.05, 4.69) is 10.0 Å². The predicted octanol–water partition coefficient (Wildman–Crippen LogP) is 2.91. The lowest BCUT2D eigenvalue weighted by Crippen LogP contribution is -2.13. The Bertz CT molecular complexity index is 952. The molecule has 0 bridgehead atoms. The number of carbonyl (C=O) groups excluding carboxylic acids is 3. The number of amides is 1. The van der Waals surface area contributed by atoms with Crippen molar-refractivity contribution >= 4 is 50.0 Å². The smallest absolute Gasteiger partial charge is 0.261 e. The molecule has 2 N–H and O–H groups in total. The molecule has 1 amide bonds. The normalized spacial score (nSPS) is 10.9. The fraction of sp³-hybridized carbons (Fsp3) is 0.167. The average molecular weight is 406 g/mol. The number of hydrogen-bond acceptors (Lipinski definition) is 6. The lowest BCUT2D eigenvalue weighted by atomic mass is 10.1. The highest BCUT2D eigenvalue weighted by atomic mass is 32.2. The lowest BCUT2D eigenvalue weighted by Gasteiger charge is -2.09. The van der Waals surface area contributed by atoms with Gasteiger partial charge in [0.25, 0.3) is 10.0 Å². The van der Waals surface area contributed by atoms with Crippen molar-refractivity contribution in [2.45, 2.75) is 18.7 Å². The van der Waals surface area contributed by atoms with Crippen molar-refractivity contribution in [3.8, 4) is 0 Å². The third-order valence-electron chi connectivity index (χ3n) is 3.35. The Hall–Kier alpha value is -2.65. The maximum Gasteiger partial charge on any atom is 0.261 e. The van der Waals surface area contributed by atoms with E-state index in [4.69, 9.17) is 0 Å². The van der Waals surface area contributed by atoms with Gasteiger partial charge in [-0.2, -0.15) is 0 Å². The Balaban J connectivity index is 2.07. The first kappa shape index (κ1) is 20.7. The number of ketones is 1. The van der Waals surface area contributed by atoms with E-state index in [1.807, 2.05) is 0 Å². The standard InChI is InChI=1S/C18H18N2O5S2/c1-12(21)19-15-7-9-17(10-8-15)27(24,25)20-16-5-3-14(4-6-16)18(23)11-26-13(2)22/h3-10,20H,11H2,1-2H3,(H,19,21). The highest BCUT2D eigenvalue weighted by Crippen LogP contribution is 2.19. The van der Waals surface area contributed by atoms with Crippen LogP contribution in [-0.4, -0.2) is 31.0 Å². The summed E-state index contributed by atoms with van der Waals surface area (Å²) in [5.41, 5.74) is 1.19. The minimum Gasteiger partial charge on any atom is -0.326 e. The van der Waals surface area contributed by atoms with Crippen molar-refractivity contribution in [3.63, 3.8) is 0 Å². The fourth-order valence-electron chi connectivity index (χ4n) is 2.11. The van der Waals surface area contributed by atoms with Crippen LogP contribution >= 0.6 is 11.8 Å². The van der Waals surface area contributed by atoms with Gasteiger partial charge in [-0.1, -0.05) is 11.8 Å². The molecule has 0 radical (unpaired) electrons. The van der Waals surface area contributed by atoms with Gasteiger partial charge in [0.15, 0.2) is 10.9 Å². The molecule has 27 heavy (non-hydrogen) atoms. The summed E-state index contributed by atoms with van der Waals surface area (Å²) in [7, 11) is -3.81. The first-order valence-electron chi connectivity index (χ1n) is 7.84. The van der Waals surface area contributed by atoms with Crippen molar-refractivity contribution in [1.82, 2.24) is 0 Å². The van der Waals surface area contributed by atoms with Crippen LogP contribution in [0.1, 0.15) is 24.2 Å². The van der Waals surface area contributed by atoms with Crippen molar-refractivity contribution in [2.75, 3.05) is 15.8 Å². The summed E-state index contributed by atoms with van der Waals surface area (Å²) in [4.78, 5) is 33.9. The van der Waals surface area contributed by atoms with E-state index in [1.54, 1.807) is 0 Å². The first-order valence-corrected chi connectivity index (χ1v) is 10.3. The highest BCUT2D eigenvalue weighted by molar-refractivity contribution is 8.14. The molecule has 0 atom stereocenters. The van der Waals surface area contributed by atoms with E-state index >= 15 is 0 Å². The molecule has 7 nitrogen and oxygen atoms in total. The van der Waals surface area contributed by atoms with E-state index in [1.165, 1.54) is 62.4 Å². The molecule has 9 heteroatoms. The first-order chi connectivity index (χ1) is 12.7. The van der Waals surface area contributed by atoms with Crippen LogP contribution in [0.3, 0.4) is 0 Å². The van der Waals surface area contributed by atoms with E-state index in [-0.39, 0.29) is 27.5 Å². The van der Waals surface area contributed by atoms with E-state index < -0.39 is 10.0 Å². The molecule has 2 aromatic rings. The SMILES string of the molecule is CC(=O)Nc1ccc(S(=O)(=O)Nc2ccc(C(=O)CSC(C)=O)cc2)cc1. The number of benzene rings is 2. The topological polar surface area (TPSA) is 109 Å². The van der Waals surface area contributed by atoms with Gasteiger partial charge >= 0.3 is 0 Å². The zero-order valence-corrected chi connectivity index (χ0v) is 16.3. The molecule has 0 saturated carbocycles. The number of hydrogen-bond donors (Lipinski definition) is 2. The Morgan fingerprint density at radius 3 is 1.96 bits per heavy atom. The molecule has 2 rings (SSSR count). The van der Waals surface area contributed by atoms with Crippen molar-refractivity contribution in [1.29, 1.82) is 0 Å². The maximum atomic E-state index is 12.4. The van der Waals surface area contributed by atoms with Crippen LogP contribution in [-0.2, 0) is 19.6 Å². The van der Waals surface area contributed by atoms with Crippen LogP contribution in [0.5, 0.6) is 0 Å². The Labute approximate surface area is 161 Å². The molecule has 0 aliphatic heterocycles. The van der Waals surface area contributed by atoms with Gasteiger partial charge in [-0.25, -0.2) is 8.42 Å². The maximum absolute atomic E-state index is 12.4. The second-order valence-corrected chi connectivity index (χ2v) is 8.43. The summed E-state index contributed by atoms with van der Waals surface area (Å²) in [6.07, 6.45) is 0.